The highest BCUT2D eigenvalue weighted by atomic mass is 16.6. The van der Waals surface area contributed by atoms with Crippen LogP contribution in [0.2, 0.25) is 0 Å². The average molecular weight is 1880 g/mol. The number of benzene rings is 7. The Morgan fingerprint density at radius 2 is 0.404 bits per heavy atom. The normalized spacial score (nSPS) is 13.9. The van der Waals surface area contributed by atoms with Crippen LogP contribution < -0.4 is 33.2 Å². The largest absolute Gasteiger partial charge is 0.495 e. The smallest absolute Gasteiger partial charge is 0.330 e. The Labute approximate surface area is 786 Å². The molecule has 0 aromatic heterocycles. The first-order valence-electron chi connectivity index (χ1n) is 42.6. The second-order valence-corrected chi connectivity index (χ2v) is 29.8. The van der Waals surface area contributed by atoms with Crippen molar-refractivity contribution in [1.29, 1.82) is 0 Å². The minimum Gasteiger partial charge on any atom is -0.495 e. The van der Waals surface area contributed by atoms with E-state index in [0.29, 0.717) is 58.8 Å². The Balaban J connectivity index is 0.000000371. The maximum atomic E-state index is 12.0. The van der Waals surface area contributed by atoms with Gasteiger partial charge in [0.15, 0.2) is 6.10 Å². The van der Waals surface area contributed by atoms with Crippen LogP contribution in [0.5, 0.6) is 40.2 Å². The SMILES string of the molecule is C=CC(=O)OCC(O)COC1=CC=C(C(c2ccc(OCC(O)COC(=O)C=C)cc2)C(c2ccc(OCC(O)COC(=O)C=C)cc2)c2ccc(OCC(O)COC(=O)C=C)cc2)CC1.C=CC(=O)OCC(O)COc1ccc(C(c2ccc(OCC(O)COC(=O)C=C)cc2)C(c2ccc(OCC(O)COC(=O)C=C)cc2)c2ccc(OCC(COC(=O)C=C)OC(=O)C=C)cc2)cc1. The molecular formula is C103H112O33. The number of hydrogen-bond donors (Lipinski definition) is 7. The van der Waals surface area contributed by atoms with E-state index in [4.69, 9.17) is 80.5 Å². The van der Waals surface area contributed by atoms with E-state index in [2.05, 4.69) is 59.2 Å². The van der Waals surface area contributed by atoms with Gasteiger partial charge in [-0.2, -0.15) is 0 Å². The monoisotopic (exact) mass is 1880 g/mol. The first-order valence-corrected chi connectivity index (χ1v) is 42.6. The van der Waals surface area contributed by atoms with Crippen molar-refractivity contribution in [2.24, 2.45) is 0 Å². The number of rotatable bonds is 60. The maximum Gasteiger partial charge on any atom is 0.330 e. The minimum atomic E-state index is -1.11. The molecule has 0 radical (unpaired) electrons. The quantitative estimate of drug-likeness (QED) is 0.0106. The van der Waals surface area contributed by atoms with Crippen LogP contribution in [0.4, 0.5) is 0 Å². The molecule has 0 spiro atoms. The van der Waals surface area contributed by atoms with Gasteiger partial charge in [-0.3, -0.25) is 0 Å². The summed E-state index contributed by atoms with van der Waals surface area (Å²) >= 11 is 0. The van der Waals surface area contributed by atoms with Gasteiger partial charge in [0.1, 0.15) is 189 Å². The third-order valence-electron chi connectivity index (χ3n) is 19.6. The third-order valence-corrected chi connectivity index (χ3v) is 19.6. The lowest BCUT2D eigenvalue weighted by Crippen LogP contribution is -2.30. The van der Waals surface area contributed by atoms with Crippen LogP contribution in [-0.4, -0.2) is 244 Å². The fourth-order valence-corrected chi connectivity index (χ4v) is 12.9. The molecule has 722 valence electrons. The molecule has 1 aliphatic rings. The van der Waals surface area contributed by atoms with Crippen molar-refractivity contribution in [3.8, 4) is 40.2 Å². The molecule has 0 bridgehead atoms. The summed E-state index contributed by atoms with van der Waals surface area (Å²) in [6, 6.07) is 51.1. The van der Waals surface area contributed by atoms with Crippen molar-refractivity contribution in [2.45, 2.75) is 85.3 Å². The van der Waals surface area contributed by atoms with Gasteiger partial charge < -0.3 is 116 Å². The summed E-state index contributed by atoms with van der Waals surface area (Å²) < 4.78 is 91.7. The molecule has 1 aliphatic carbocycles. The van der Waals surface area contributed by atoms with Gasteiger partial charge in [-0.05, 0) is 136 Å². The van der Waals surface area contributed by atoms with E-state index < -0.39 is 114 Å². The molecule has 10 atom stereocenters. The molecule has 0 aliphatic heterocycles. The predicted octanol–water partition coefficient (Wildman–Crippen LogP) is 9.98. The molecule has 33 heteroatoms. The molecule has 0 amide bonds. The number of carbonyl (C=O) groups is 9. The van der Waals surface area contributed by atoms with Gasteiger partial charge in [-0.1, -0.05) is 156 Å². The number of esters is 9. The Hall–Kier alpha value is -15.0. The first kappa shape index (κ1) is 108. The fourth-order valence-electron chi connectivity index (χ4n) is 12.9. The highest BCUT2D eigenvalue weighted by molar-refractivity contribution is 5.84. The van der Waals surface area contributed by atoms with Crippen molar-refractivity contribution in [3.05, 3.63) is 346 Å². The van der Waals surface area contributed by atoms with E-state index >= 15 is 0 Å². The van der Waals surface area contributed by atoms with Crippen LogP contribution in [0.25, 0.3) is 0 Å². The summed E-state index contributed by atoms with van der Waals surface area (Å²) in [6.45, 7) is 26.8. The summed E-state index contributed by atoms with van der Waals surface area (Å²) in [7, 11) is 0. The molecule has 7 N–H and O–H groups in total. The molecule has 0 saturated carbocycles. The van der Waals surface area contributed by atoms with E-state index in [1.165, 1.54) is 0 Å². The van der Waals surface area contributed by atoms with Crippen LogP contribution in [0.1, 0.15) is 75.5 Å². The van der Waals surface area contributed by atoms with Crippen molar-refractivity contribution < 1.29 is 159 Å². The van der Waals surface area contributed by atoms with E-state index in [0.717, 1.165) is 99.2 Å². The zero-order chi connectivity index (χ0) is 98.7. The third kappa shape index (κ3) is 38.7. The van der Waals surface area contributed by atoms with Crippen LogP contribution in [-0.2, 0) is 90.5 Å². The average Bonchev–Trinajstić information content (AvgIpc) is 0.781. The second kappa shape index (κ2) is 58.8. The molecule has 136 heavy (non-hydrogen) atoms. The van der Waals surface area contributed by atoms with Crippen LogP contribution >= 0.6 is 0 Å². The Bertz CT molecular complexity index is 4990. The number of aliphatic hydroxyl groups excluding tert-OH is 7. The van der Waals surface area contributed by atoms with Crippen molar-refractivity contribution >= 4 is 53.7 Å². The topological polar surface area (TPSA) is 452 Å². The summed E-state index contributed by atoms with van der Waals surface area (Å²) in [6.07, 6.45) is 5.20. The number of carbonyl (C=O) groups excluding carboxylic acids is 9. The van der Waals surface area contributed by atoms with E-state index in [1.807, 2.05) is 97.1 Å². The zero-order valence-corrected chi connectivity index (χ0v) is 74.8. The van der Waals surface area contributed by atoms with Gasteiger partial charge in [-0.25, -0.2) is 43.2 Å². The molecule has 8 rings (SSSR count). The van der Waals surface area contributed by atoms with Gasteiger partial charge in [0.05, 0.1) is 5.76 Å². The summed E-state index contributed by atoms with van der Waals surface area (Å²) in [5.74, 6) is -4.04. The predicted molar refractivity (Wildman–Crippen MR) is 495 cm³/mol. The number of aliphatic hydroxyl groups is 7. The van der Waals surface area contributed by atoms with Crippen molar-refractivity contribution in [2.75, 3.05) is 106 Å². The van der Waals surface area contributed by atoms with Gasteiger partial charge in [0, 0.05) is 84.8 Å². The lowest BCUT2D eigenvalue weighted by atomic mass is 9.71. The van der Waals surface area contributed by atoms with Crippen LogP contribution in [0, 0.1) is 0 Å². The van der Waals surface area contributed by atoms with E-state index in [1.54, 1.807) is 84.9 Å². The summed E-state index contributed by atoms with van der Waals surface area (Å²) in [4.78, 5) is 104. The molecule has 0 saturated heterocycles. The molecule has 7 aromatic rings. The van der Waals surface area contributed by atoms with Gasteiger partial charge in [0.25, 0.3) is 0 Å². The fraction of sp³-hybridized carbons (Fsp3) is 0.291. The van der Waals surface area contributed by atoms with Crippen LogP contribution in [0.15, 0.2) is 307 Å². The summed E-state index contributed by atoms with van der Waals surface area (Å²) in [5, 5.41) is 72.4. The number of ether oxygens (including phenoxy) is 17. The van der Waals surface area contributed by atoms with Crippen molar-refractivity contribution in [1.82, 2.24) is 0 Å². The summed E-state index contributed by atoms with van der Waals surface area (Å²) in [5.41, 5.74) is 6.96. The molecule has 33 nitrogen and oxygen atoms in total. The number of hydrogen-bond acceptors (Lipinski definition) is 33. The standard InChI is InChI=1S/C53H56O17.C50H56O16/c1-6-47(57)66-30-39(54)27-62-42-19-11-35(12-20-42)52(36-13-21-43(22-14-36)63-28-40(55)31-67-48(58)7-2)53(37-15-23-44(24-16-37)64-29-41(56)32-68-49(59)8-3)38-17-25-45(26-18-38)65-33-46(70-51(61)10-5)34-69-50(60)9-4;1-5-45(55)63-29-37(51)25-59-41-17-9-33(10-18-41)49(34-11-19-42(20-12-34)60-26-38(52)30-64-46(56)6-2)50(35-13-21-43(22-14-35)61-27-39(53)31-65-47(57)7-3)36-15-23-44(24-16-36)62-28-40(54)32-66-48(58)8-4/h6-26,39-41,46,52-56H,1-5,27-34H2;5-15,17-23,37-40,49-54H,1-4,16,24-32H2. The highest BCUT2D eigenvalue weighted by Crippen LogP contribution is 2.48. The maximum absolute atomic E-state index is 12.0. The van der Waals surface area contributed by atoms with E-state index in [-0.39, 0.29) is 118 Å². The highest BCUT2D eigenvalue weighted by Gasteiger charge is 2.34. The molecular weight excluding hydrogens is 1770 g/mol. The van der Waals surface area contributed by atoms with Crippen LogP contribution in [0.3, 0.4) is 0 Å². The number of allylic oxidation sites excluding steroid dienone is 4. The molecule has 0 heterocycles. The minimum absolute atomic E-state index is 0.102. The molecule has 0 fully saturated rings. The van der Waals surface area contributed by atoms with Gasteiger partial charge >= 0.3 is 53.7 Å². The van der Waals surface area contributed by atoms with Crippen molar-refractivity contribution in [3.63, 3.8) is 0 Å². The van der Waals surface area contributed by atoms with Gasteiger partial charge in [0.2, 0.25) is 0 Å². The lowest BCUT2D eigenvalue weighted by Gasteiger charge is -2.33. The Morgan fingerprint density at radius 3 is 0.603 bits per heavy atom. The van der Waals surface area contributed by atoms with E-state index in [9.17, 15) is 78.9 Å². The Kier molecular flexibility index (Phi) is 46.7. The van der Waals surface area contributed by atoms with Gasteiger partial charge in [-0.15, -0.1) is 0 Å². The first-order chi connectivity index (χ1) is 65.6. The second-order valence-electron chi connectivity index (χ2n) is 29.8. The molecule has 10 unspecified atom stereocenters. The lowest BCUT2D eigenvalue weighted by molar-refractivity contribution is -0.154. The Morgan fingerprint density at radius 1 is 0.221 bits per heavy atom. The zero-order valence-electron chi connectivity index (χ0n) is 74.8. The molecule has 7 aromatic carbocycles.